The SMILES string of the molecule is CC(C#N)CC(=O)c1ccc2c(n1)N(C(=O)Nc1ccccn1)[C@H]1CCN2C1.CC(C#N)CC(=O)c1ccc2c(n1)N(C(=O)Nc1ccccn1)[C@H]1CCN2C1.CC(N)C#N.O=C(O)c1ccc2c(n1)N(C(=O)Nc1ccccn1)[C@H]1CCN2C1. The Balaban J connectivity index is 0.000000147. The maximum Gasteiger partial charge on any atom is 0.354 e. The molecule has 6 aliphatic heterocycles. The van der Waals surface area contributed by atoms with Crippen molar-refractivity contribution in [1.29, 1.82) is 15.8 Å². The van der Waals surface area contributed by atoms with Gasteiger partial charge in [-0.25, -0.2) is 49.1 Å². The van der Waals surface area contributed by atoms with Gasteiger partial charge in [-0.15, -0.1) is 0 Å². The summed E-state index contributed by atoms with van der Waals surface area (Å²) in [5.74, 6) is 0.448. The summed E-state index contributed by atoms with van der Waals surface area (Å²) in [5.41, 5.74) is 7.87. The lowest BCUT2D eigenvalue weighted by atomic mass is 10.0. The number of nitrogens with zero attached hydrogens (tertiary/aromatic N) is 15. The van der Waals surface area contributed by atoms with Gasteiger partial charge in [0.15, 0.2) is 34.7 Å². The molecular weight excluding hydrogens is 1090 g/mol. The smallest absolute Gasteiger partial charge is 0.354 e. The molecule has 0 aromatic carbocycles. The van der Waals surface area contributed by atoms with Crippen LogP contribution in [0.3, 0.4) is 0 Å². The molecule has 3 saturated heterocycles. The lowest BCUT2D eigenvalue weighted by molar-refractivity contribution is 0.0689. The molecule has 0 saturated carbocycles. The molecule has 3 unspecified atom stereocenters. The Morgan fingerprint density at radius 1 is 0.518 bits per heavy atom. The second-order valence-electron chi connectivity index (χ2n) is 20.9. The van der Waals surface area contributed by atoms with Gasteiger partial charge in [-0.3, -0.25) is 40.2 Å². The highest BCUT2D eigenvalue weighted by Gasteiger charge is 2.43. The van der Waals surface area contributed by atoms with E-state index < -0.39 is 5.97 Å². The molecule has 0 spiro atoms. The summed E-state index contributed by atoms with van der Waals surface area (Å²) in [4.78, 5) is 112. The van der Waals surface area contributed by atoms with Gasteiger partial charge in [-0.2, -0.15) is 15.8 Å². The first-order valence-electron chi connectivity index (χ1n) is 27.6. The summed E-state index contributed by atoms with van der Waals surface area (Å²) in [5, 5.41) is 43.3. The van der Waals surface area contributed by atoms with Gasteiger partial charge >= 0.3 is 24.1 Å². The number of nitriles is 3. The van der Waals surface area contributed by atoms with Crippen LogP contribution in [-0.2, 0) is 0 Å². The van der Waals surface area contributed by atoms with Crippen LogP contribution >= 0.6 is 0 Å². The molecule has 12 rings (SSSR count). The molecular formula is C59H61N19O7. The van der Waals surface area contributed by atoms with Gasteiger partial charge in [0.1, 0.15) is 28.8 Å². The van der Waals surface area contributed by atoms with Gasteiger partial charge in [0.05, 0.1) is 71.3 Å². The molecule has 6 atom stereocenters. The van der Waals surface area contributed by atoms with Crippen LogP contribution in [-0.4, -0.2) is 134 Å². The van der Waals surface area contributed by atoms with Crippen LogP contribution < -0.4 is 51.1 Å². The number of Topliss-reactive ketones (excluding diaryl/α,β-unsaturated/α-hetero) is 2. The van der Waals surface area contributed by atoms with Crippen molar-refractivity contribution in [2.24, 2.45) is 17.6 Å². The van der Waals surface area contributed by atoms with E-state index in [-0.39, 0.29) is 95.6 Å². The van der Waals surface area contributed by atoms with Gasteiger partial charge in [0.25, 0.3) is 0 Å². The van der Waals surface area contributed by atoms with Gasteiger partial charge in [-0.05, 0) is 113 Å². The minimum Gasteiger partial charge on any atom is -0.477 e. The zero-order valence-electron chi connectivity index (χ0n) is 46.8. The number of rotatable bonds is 10. The van der Waals surface area contributed by atoms with E-state index >= 15 is 0 Å². The highest BCUT2D eigenvalue weighted by molar-refractivity contribution is 6.07. The monoisotopic (exact) mass is 1150 g/mol. The number of aromatic nitrogens is 6. The minimum absolute atomic E-state index is 0.00732. The third kappa shape index (κ3) is 13.7. The Bertz CT molecular complexity index is 3440. The Kier molecular flexibility index (Phi) is 18.4. The summed E-state index contributed by atoms with van der Waals surface area (Å²) in [6.07, 6.45) is 7.52. The first-order valence-corrected chi connectivity index (χ1v) is 27.6. The fourth-order valence-corrected chi connectivity index (χ4v) is 10.5. The van der Waals surface area contributed by atoms with Crippen LogP contribution in [0.2, 0.25) is 0 Å². The van der Waals surface area contributed by atoms with Gasteiger partial charge in [0.2, 0.25) is 0 Å². The lowest BCUT2D eigenvalue weighted by Crippen LogP contribution is -2.48. The third-order valence-corrected chi connectivity index (χ3v) is 14.6. The van der Waals surface area contributed by atoms with Crippen molar-refractivity contribution in [3.05, 3.63) is 127 Å². The number of anilines is 9. The van der Waals surface area contributed by atoms with Gasteiger partial charge in [-0.1, -0.05) is 18.2 Å². The Morgan fingerprint density at radius 2 is 0.835 bits per heavy atom. The van der Waals surface area contributed by atoms with Crippen LogP contribution in [0.25, 0.3) is 0 Å². The van der Waals surface area contributed by atoms with E-state index in [1.54, 1.807) is 133 Å². The van der Waals surface area contributed by atoms with E-state index in [1.165, 1.54) is 6.07 Å². The number of carbonyl (C=O) groups is 6. The molecule has 6 aliphatic rings. The largest absolute Gasteiger partial charge is 0.477 e. The van der Waals surface area contributed by atoms with Crippen molar-refractivity contribution in [2.45, 2.75) is 77.0 Å². The summed E-state index contributed by atoms with van der Waals surface area (Å²) >= 11 is 0. The van der Waals surface area contributed by atoms with E-state index in [4.69, 9.17) is 21.5 Å². The zero-order valence-corrected chi connectivity index (χ0v) is 46.8. The molecule has 26 heteroatoms. The van der Waals surface area contributed by atoms with E-state index in [9.17, 15) is 33.9 Å². The maximum absolute atomic E-state index is 13.0. The number of nitrogens with one attached hydrogen (secondary N) is 3. The zero-order chi connectivity index (χ0) is 60.3. The second-order valence-corrected chi connectivity index (χ2v) is 20.9. The van der Waals surface area contributed by atoms with E-state index in [2.05, 4.69) is 72.7 Å². The number of hydrogen-bond donors (Lipinski definition) is 5. The summed E-state index contributed by atoms with van der Waals surface area (Å²) < 4.78 is 0. The van der Waals surface area contributed by atoms with Crippen molar-refractivity contribution >= 4 is 87.6 Å². The number of fused-ring (bicyclic) bond motifs is 12. The number of ketones is 2. The van der Waals surface area contributed by atoms with Crippen LogP contribution in [0.15, 0.2) is 110 Å². The first-order chi connectivity index (χ1) is 41.0. The van der Waals surface area contributed by atoms with E-state index in [0.717, 1.165) is 75.6 Å². The number of carbonyl (C=O) groups excluding carboxylic acids is 5. The average molecular weight is 1150 g/mol. The number of amides is 6. The normalized spacial score (nSPS) is 17.9. The quantitative estimate of drug-likeness (QED) is 0.0837. The number of aromatic carboxylic acids is 1. The number of carboxylic acid groups (broad SMARTS) is 1. The standard InChI is InChI=1S/2C20H20N6O2.C16H15N5O3.C3H6N2/c2*1-13(11-21)10-17(27)15-5-6-16-19(23-15)26(14-7-9-25(16)12-14)20(28)24-18-4-2-3-8-22-18;22-15(23)11-4-5-12-14(18-11)21(10-6-8-20(12)9-10)16(24)19-13-3-1-2-7-17-13;1-3(5)2-4/h2*2-6,8,13-14H,7,9-10,12H2,1H3,(H,22,24,28);1-5,7,10H,6,8-9H2,(H,22,23)(H,17,19,24);3H,5H2,1H3/t2*13?,14-;10-;/m000./s1. The molecule has 6 amide bonds. The summed E-state index contributed by atoms with van der Waals surface area (Å²) in [6.45, 7) is 9.74. The molecule has 0 aliphatic carbocycles. The predicted octanol–water partition coefficient (Wildman–Crippen LogP) is 7.34. The molecule has 6 aromatic rings. The number of carboxylic acids is 1. The molecule has 3 fully saturated rings. The highest BCUT2D eigenvalue weighted by Crippen LogP contribution is 2.42. The fourth-order valence-electron chi connectivity index (χ4n) is 10.5. The van der Waals surface area contributed by atoms with Crippen molar-refractivity contribution in [1.82, 2.24) is 29.9 Å². The summed E-state index contributed by atoms with van der Waals surface area (Å²) in [7, 11) is 0. The van der Waals surface area contributed by atoms with E-state index in [0.29, 0.717) is 34.9 Å². The fraction of sp³-hybridized carbons (Fsp3) is 0.339. The van der Waals surface area contributed by atoms with Crippen molar-refractivity contribution in [3.63, 3.8) is 0 Å². The molecule has 85 heavy (non-hydrogen) atoms. The number of urea groups is 3. The Hall–Kier alpha value is -10.7. The highest BCUT2D eigenvalue weighted by atomic mass is 16.4. The summed E-state index contributed by atoms with van der Waals surface area (Å²) in [6, 6.07) is 30.7. The number of hydrogen-bond acceptors (Lipinski definition) is 19. The number of pyridine rings is 6. The van der Waals surface area contributed by atoms with Crippen LogP contribution in [0.5, 0.6) is 0 Å². The molecule has 12 heterocycles. The topological polar surface area (TPSA) is 353 Å². The molecule has 434 valence electrons. The van der Waals surface area contributed by atoms with Crippen LogP contribution in [0, 0.1) is 45.8 Å². The molecule has 6 aromatic heterocycles. The predicted molar refractivity (Wildman–Crippen MR) is 315 cm³/mol. The molecule has 26 nitrogen and oxygen atoms in total. The molecule has 6 bridgehead atoms. The second kappa shape index (κ2) is 26.5. The van der Waals surface area contributed by atoms with Crippen molar-refractivity contribution in [3.8, 4) is 18.2 Å². The lowest BCUT2D eigenvalue weighted by Gasteiger charge is -2.35. The van der Waals surface area contributed by atoms with Crippen LogP contribution in [0.4, 0.5) is 66.4 Å². The van der Waals surface area contributed by atoms with Crippen molar-refractivity contribution < 1.29 is 33.9 Å². The third-order valence-electron chi connectivity index (χ3n) is 14.6. The first kappa shape index (κ1) is 59.0. The van der Waals surface area contributed by atoms with Crippen molar-refractivity contribution in [2.75, 3.05) is 84.6 Å². The molecule has 0 radical (unpaired) electrons. The van der Waals surface area contributed by atoms with Crippen LogP contribution in [0.1, 0.15) is 84.3 Å². The Labute approximate surface area is 489 Å². The van der Waals surface area contributed by atoms with E-state index in [1.807, 2.05) is 12.1 Å². The Morgan fingerprint density at radius 3 is 1.12 bits per heavy atom. The minimum atomic E-state index is -1.11. The van der Waals surface area contributed by atoms with Gasteiger partial charge in [0, 0.05) is 70.7 Å². The number of nitrogens with two attached hydrogens (primary N) is 1. The average Bonchev–Trinajstić information content (AvgIpc) is 3.86. The maximum atomic E-state index is 13.0. The van der Waals surface area contributed by atoms with Gasteiger partial charge < -0.3 is 25.5 Å². The molecule has 6 N–H and O–H groups in total.